The van der Waals surface area contributed by atoms with Crippen LogP contribution in [0.5, 0.6) is 5.75 Å². The van der Waals surface area contributed by atoms with Crippen LogP contribution in [0.1, 0.15) is 11.3 Å². The van der Waals surface area contributed by atoms with Crippen molar-refractivity contribution in [2.24, 2.45) is 0 Å². The number of aromatic nitrogens is 5. The van der Waals surface area contributed by atoms with E-state index in [1.807, 2.05) is 54.7 Å². The van der Waals surface area contributed by atoms with Gasteiger partial charge in [-0.25, -0.2) is 4.98 Å². The Morgan fingerprint density at radius 3 is 2.65 bits per heavy atom. The number of nitrogens with zero attached hydrogens (tertiary/aromatic N) is 5. The third-order valence-electron chi connectivity index (χ3n) is 5.05. The zero-order chi connectivity index (χ0) is 21.2. The predicted octanol–water partition coefficient (Wildman–Crippen LogP) is 5.19. The summed E-state index contributed by atoms with van der Waals surface area (Å²) >= 11 is 1.62. The van der Waals surface area contributed by atoms with Crippen LogP contribution >= 0.6 is 11.8 Å². The summed E-state index contributed by atoms with van der Waals surface area (Å²) in [4.78, 5) is 4.79. The van der Waals surface area contributed by atoms with Gasteiger partial charge in [0.05, 0.1) is 12.8 Å². The largest absolute Gasteiger partial charge is 0.497 e. The lowest BCUT2D eigenvalue weighted by atomic mass is 10.2. The normalized spacial score (nSPS) is 11.2. The third kappa shape index (κ3) is 3.80. The second-order valence-corrected chi connectivity index (χ2v) is 8.09. The summed E-state index contributed by atoms with van der Waals surface area (Å²) in [5.41, 5.74) is 5.11. The Hall–Kier alpha value is -3.58. The van der Waals surface area contributed by atoms with E-state index in [0.717, 1.165) is 44.9 Å². The molecule has 3 aromatic heterocycles. The number of thioether (sulfide) groups is 1. The van der Waals surface area contributed by atoms with Gasteiger partial charge < -0.3 is 9.14 Å². The predicted molar refractivity (Wildman–Crippen MR) is 123 cm³/mol. The zero-order valence-electron chi connectivity index (χ0n) is 17.3. The molecule has 0 unspecified atom stereocenters. The summed E-state index contributed by atoms with van der Waals surface area (Å²) in [6, 6.07) is 22.2. The summed E-state index contributed by atoms with van der Waals surface area (Å²) in [7, 11) is 1.67. The molecule has 2 aromatic carbocycles. The minimum absolute atomic E-state index is 0.699. The molecule has 0 amide bonds. The molecule has 0 radical (unpaired) electrons. The molecule has 5 rings (SSSR count). The number of para-hydroxylation sites is 1. The fraction of sp³-hybridized carbons (Fsp3) is 0.125. The summed E-state index contributed by atoms with van der Waals surface area (Å²) < 4.78 is 9.55. The molecule has 7 heteroatoms. The highest BCUT2D eigenvalue weighted by Crippen LogP contribution is 2.31. The Balaban J connectivity index is 1.52. The van der Waals surface area contributed by atoms with Crippen molar-refractivity contribution in [2.75, 3.05) is 7.11 Å². The van der Waals surface area contributed by atoms with Gasteiger partial charge in [0.25, 0.3) is 0 Å². The lowest BCUT2D eigenvalue weighted by Gasteiger charge is -2.10. The van der Waals surface area contributed by atoms with Crippen LogP contribution in [-0.2, 0) is 5.75 Å². The van der Waals surface area contributed by atoms with E-state index >= 15 is 0 Å². The standard InChI is InChI=1S/C24H21N5OS/c1-17-8-7-13-28-15-19(25-22(17)28)16-31-24-27-26-23(18-9-6-12-21(14-18)30-2)29(24)20-10-4-3-5-11-20/h3-15H,16H2,1-2H3. The maximum Gasteiger partial charge on any atom is 0.196 e. The average molecular weight is 428 g/mol. The van der Waals surface area contributed by atoms with Gasteiger partial charge in [0.15, 0.2) is 11.0 Å². The second-order valence-electron chi connectivity index (χ2n) is 7.15. The number of benzene rings is 2. The van der Waals surface area contributed by atoms with Gasteiger partial charge in [-0.3, -0.25) is 4.57 Å². The lowest BCUT2D eigenvalue weighted by molar-refractivity contribution is 0.415. The first-order valence-electron chi connectivity index (χ1n) is 9.94. The molecule has 31 heavy (non-hydrogen) atoms. The van der Waals surface area contributed by atoms with Crippen LogP contribution in [0.3, 0.4) is 0 Å². The van der Waals surface area contributed by atoms with Crippen molar-refractivity contribution in [3.8, 4) is 22.8 Å². The molecule has 0 aliphatic heterocycles. The fourth-order valence-corrected chi connectivity index (χ4v) is 4.37. The number of hydrogen-bond acceptors (Lipinski definition) is 5. The van der Waals surface area contributed by atoms with Gasteiger partial charge in [0, 0.05) is 29.4 Å². The summed E-state index contributed by atoms with van der Waals surface area (Å²) in [5, 5.41) is 9.85. The van der Waals surface area contributed by atoms with E-state index in [4.69, 9.17) is 9.72 Å². The van der Waals surface area contributed by atoms with Crippen LogP contribution in [0, 0.1) is 6.92 Å². The van der Waals surface area contributed by atoms with Crippen LogP contribution in [0.2, 0.25) is 0 Å². The third-order valence-corrected chi connectivity index (χ3v) is 6.02. The Labute approximate surface area is 184 Å². The van der Waals surface area contributed by atoms with Gasteiger partial charge in [0.2, 0.25) is 0 Å². The zero-order valence-corrected chi connectivity index (χ0v) is 18.1. The van der Waals surface area contributed by atoms with Gasteiger partial charge in [-0.05, 0) is 42.8 Å². The number of rotatable bonds is 6. The maximum absolute atomic E-state index is 5.40. The molecule has 0 atom stereocenters. The van der Waals surface area contributed by atoms with Crippen molar-refractivity contribution in [2.45, 2.75) is 17.8 Å². The topological polar surface area (TPSA) is 57.2 Å². The van der Waals surface area contributed by atoms with Crippen molar-refractivity contribution >= 4 is 17.4 Å². The summed E-state index contributed by atoms with van der Waals surface area (Å²) in [6.45, 7) is 2.08. The Morgan fingerprint density at radius 1 is 0.968 bits per heavy atom. The minimum atomic E-state index is 0.699. The molecule has 0 N–H and O–H groups in total. The van der Waals surface area contributed by atoms with E-state index in [0.29, 0.717) is 5.75 Å². The Morgan fingerprint density at radius 2 is 1.84 bits per heavy atom. The van der Waals surface area contributed by atoms with Gasteiger partial charge >= 0.3 is 0 Å². The quantitative estimate of drug-likeness (QED) is 0.349. The van der Waals surface area contributed by atoms with Gasteiger partial charge in [-0.2, -0.15) is 0 Å². The van der Waals surface area contributed by atoms with Crippen LogP contribution in [0.15, 0.2) is 84.3 Å². The summed E-state index contributed by atoms with van der Waals surface area (Å²) in [6.07, 6.45) is 4.10. The Kier molecular flexibility index (Phi) is 5.18. The molecule has 0 fully saturated rings. The monoisotopic (exact) mass is 427 g/mol. The molecule has 6 nitrogen and oxygen atoms in total. The van der Waals surface area contributed by atoms with Crippen LogP contribution in [0.4, 0.5) is 0 Å². The molecule has 0 aliphatic carbocycles. The first-order chi connectivity index (χ1) is 15.2. The van der Waals surface area contributed by atoms with Crippen molar-refractivity contribution in [1.82, 2.24) is 24.1 Å². The van der Waals surface area contributed by atoms with E-state index < -0.39 is 0 Å². The van der Waals surface area contributed by atoms with E-state index in [9.17, 15) is 0 Å². The van der Waals surface area contributed by atoms with E-state index in [1.165, 1.54) is 0 Å². The van der Waals surface area contributed by atoms with Crippen LogP contribution in [-0.4, -0.2) is 31.3 Å². The number of imidazole rings is 1. The van der Waals surface area contributed by atoms with Crippen molar-refractivity contribution in [1.29, 1.82) is 0 Å². The molecule has 5 aromatic rings. The smallest absolute Gasteiger partial charge is 0.196 e. The highest BCUT2D eigenvalue weighted by atomic mass is 32.2. The molecule has 0 saturated heterocycles. The molecule has 0 spiro atoms. The second kappa shape index (κ2) is 8.28. The molecule has 154 valence electrons. The highest BCUT2D eigenvalue weighted by molar-refractivity contribution is 7.98. The first-order valence-corrected chi connectivity index (χ1v) is 10.9. The lowest BCUT2D eigenvalue weighted by Crippen LogP contribution is -2.00. The first kappa shape index (κ1) is 19.4. The van der Waals surface area contributed by atoms with Crippen molar-refractivity contribution < 1.29 is 4.74 Å². The van der Waals surface area contributed by atoms with Gasteiger partial charge in [0.1, 0.15) is 11.4 Å². The minimum Gasteiger partial charge on any atom is -0.497 e. The van der Waals surface area contributed by atoms with Gasteiger partial charge in [-0.15, -0.1) is 10.2 Å². The fourth-order valence-electron chi connectivity index (χ4n) is 3.53. The maximum atomic E-state index is 5.40. The molecule has 0 saturated carbocycles. The van der Waals surface area contributed by atoms with Crippen molar-refractivity contribution in [3.05, 3.63) is 90.4 Å². The van der Waals surface area contributed by atoms with Crippen LogP contribution in [0.25, 0.3) is 22.7 Å². The number of pyridine rings is 1. The Bertz CT molecular complexity index is 1340. The molecular formula is C24H21N5OS. The summed E-state index contributed by atoms with van der Waals surface area (Å²) in [5.74, 6) is 2.26. The molecule has 0 bridgehead atoms. The van der Waals surface area contributed by atoms with E-state index in [1.54, 1.807) is 18.9 Å². The van der Waals surface area contributed by atoms with E-state index in [2.05, 4.69) is 50.5 Å². The number of hydrogen-bond donors (Lipinski definition) is 0. The van der Waals surface area contributed by atoms with Crippen molar-refractivity contribution in [3.63, 3.8) is 0 Å². The molecular weight excluding hydrogens is 406 g/mol. The number of aryl methyl sites for hydroxylation is 1. The molecule has 0 aliphatic rings. The number of methoxy groups -OCH3 is 1. The SMILES string of the molecule is COc1cccc(-c2nnc(SCc3cn4cccc(C)c4n3)n2-c2ccccc2)c1. The average Bonchev–Trinajstić information content (AvgIpc) is 3.43. The van der Waals surface area contributed by atoms with Crippen LogP contribution < -0.4 is 4.74 Å². The molecule has 3 heterocycles. The van der Waals surface area contributed by atoms with Gasteiger partial charge in [-0.1, -0.05) is 48.2 Å². The van der Waals surface area contributed by atoms with E-state index in [-0.39, 0.29) is 0 Å². The highest BCUT2D eigenvalue weighted by Gasteiger charge is 2.17. The number of ether oxygens (including phenoxy) is 1. The number of fused-ring (bicyclic) bond motifs is 1.